The molecule has 1 aliphatic carbocycles. The minimum atomic E-state index is -0.181. The van der Waals surface area contributed by atoms with Gasteiger partial charge in [0.2, 0.25) is 11.8 Å². The lowest BCUT2D eigenvalue weighted by Crippen LogP contribution is -2.49. The SMILES string of the molecule is Cc1cc(NC(=O)N2CCC(NC(=O)C3CCC3)CC2)on1. The first-order valence-electron chi connectivity index (χ1n) is 7.91. The Labute approximate surface area is 129 Å². The number of carbonyl (C=O) groups is 2. The van der Waals surface area contributed by atoms with Crippen LogP contribution in [0.15, 0.2) is 10.6 Å². The van der Waals surface area contributed by atoms with Crippen molar-refractivity contribution in [3.63, 3.8) is 0 Å². The topological polar surface area (TPSA) is 87.5 Å². The van der Waals surface area contributed by atoms with Gasteiger partial charge < -0.3 is 14.7 Å². The number of anilines is 1. The quantitative estimate of drug-likeness (QED) is 0.892. The van der Waals surface area contributed by atoms with Crippen LogP contribution in [0.25, 0.3) is 0 Å². The van der Waals surface area contributed by atoms with Crippen LogP contribution in [0.1, 0.15) is 37.8 Å². The molecule has 2 heterocycles. The van der Waals surface area contributed by atoms with Gasteiger partial charge in [0.1, 0.15) is 0 Å². The minimum absolute atomic E-state index is 0.181. The highest BCUT2D eigenvalue weighted by Gasteiger charge is 2.29. The Morgan fingerprint density at radius 2 is 2.00 bits per heavy atom. The Morgan fingerprint density at radius 1 is 1.27 bits per heavy atom. The zero-order valence-corrected chi connectivity index (χ0v) is 12.8. The van der Waals surface area contributed by atoms with Gasteiger partial charge in [0, 0.05) is 31.1 Å². The first kappa shape index (κ1) is 14.9. The summed E-state index contributed by atoms with van der Waals surface area (Å²) in [6.45, 7) is 3.07. The molecule has 2 N–H and O–H groups in total. The van der Waals surface area contributed by atoms with Gasteiger partial charge in [-0.05, 0) is 32.6 Å². The number of hydrogen-bond acceptors (Lipinski definition) is 4. The molecule has 7 nitrogen and oxygen atoms in total. The molecule has 0 bridgehead atoms. The maximum absolute atomic E-state index is 12.1. The highest BCUT2D eigenvalue weighted by molar-refractivity contribution is 5.88. The van der Waals surface area contributed by atoms with E-state index < -0.39 is 0 Å². The van der Waals surface area contributed by atoms with Gasteiger partial charge in [-0.15, -0.1) is 0 Å². The molecule has 1 saturated carbocycles. The first-order valence-corrected chi connectivity index (χ1v) is 7.91. The van der Waals surface area contributed by atoms with E-state index >= 15 is 0 Å². The van der Waals surface area contributed by atoms with Gasteiger partial charge in [-0.25, -0.2) is 4.79 Å². The third-order valence-corrected chi connectivity index (χ3v) is 4.46. The number of piperidine rings is 1. The molecule has 120 valence electrons. The highest BCUT2D eigenvalue weighted by Crippen LogP contribution is 2.26. The third kappa shape index (κ3) is 3.40. The summed E-state index contributed by atoms with van der Waals surface area (Å²) < 4.78 is 4.98. The minimum Gasteiger partial charge on any atom is -0.353 e. The van der Waals surface area contributed by atoms with Crippen LogP contribution < -0.4 is 10.6 Å². The van der Waals surface area contributed by atoms with E-state index in [0.717, 1.165) is 37.8 Å². The van der Waals surface area contributed by atoms with Crippen LogP contribution in [0.5, 0.6) is 0 Å². The molecule has 0 spiro atoms. The molecule has 0 aromatic carbocycles. The first-order chi connectivity index (χ1) is 10.6. The van der Waals surface area contributed by atoms with Crippen molar-refractivity contribution < 1.29 is 14.1 Å². The molecule has 1 aromatic heterocycles. The van der Waals surface area contributed by atoms with Crippen molar-refractivity contribution in [2.75, 3.05) is 18.4 Å². The number of likely N-dealkylation sites (tertiary alicyclic amines) is 1. The Morgan fingerprint density at radius 3 is 2.55 bits per heavy atom. The molecular formula is C15H22N4O3. The number of hydrogen-bond donors (Lipinski definition) is 2. The van der Waals surface area contributed by atoms with Crippen LogP contribution in [0.4, 0.5) is 10.7 Å². The van der Waals surface area contributed by atoms with E-state index in [-0.39, 0.29) is 23.9 Å². The molecule has 1 saturated heterocycles. The fraction of sp³-hybridized carbons (Fsp3) is 0.667. The van der Waals surface area contributed by atoms with Crippen LogP contribution >= 0.6 is 0 Å². The number of aromatic nitrogens is 1. The molecular weight excluding hydrogens is 284 g/mol. The number of rotatable bonds is 3. The summed E-state index contributed by atoms with van der Waals surface area (Å²) in [5.41, 5.74) is 0.729. The van der Waals surface area contributed by atoms with Gasteiger partial charge in [0.15, 0.2) is 0 Å². The summed E-state index contributed by atoms with van der Waals surface area (Å²) in [4.78, 5) is 25.8. The maximum Gasteiger partial charge on any atom is 0.324 e. The normalized spacial score (nSPS) is 19.6. The van der Waals surface area contributed by atoms with Crippen molar-refractivity contribution in [2.45, 2.75) is 45.1 Å². The Bertz CT molecular complexity index is 545. The smallest absolute Gasteiger partial charge is 0.324 e. The summed E-state index contributed by atoms with van der Waals surface area (Å²) in [5, 5.41) is 9.54. The zero-order chi connectivity index (χ0) is 15.5. The van der Waals surface area contributed by atoms with E-state index in [1.807, 2.05) is 0 Å². The van der Waals surface area contributed by atoms with Gasteiger partial charge in [-0.1, -0.05) is 11.6 Å². The van der Waals surface area contributed by atoms with E-state index in [0.29, 0.717) is 19.0 Å². The predicted molar refractivity (Wildman–Crippen MR) is 80.3 cm³/mol. The monoisotopic (exact) mass is 306 g/mol. The summed E-state index contributed by atoms with van der Waals surface area (Å²) >= 11 is 0. The average molecular weight is 306 g/mol. The van der Waals surface area contributed by atoms with Crippen molar-refractivity contribution >= 4 is 17.8 Å². The highest BCUT2D eigenvalue weighted by atomic mass is 16.5. The molecule has 2 aliphatic rings. The Kier molecular flexibility index (Phi) is 4.31. The second-order valence-electron chi connectivity index (χ2n) is 6.16. The molecule has 3 amide bonds. The lowest BCUT2D eigenvalue weighted by molar-refractivity contribution is -0.128. The summed E-state index contributed by atoms with van der Waals surface area (Å²) in [5.74, 6) is 0.769. The summed E-state index contributed by atoms with van der Waals surface area (Å²) in [6.07, 6.45) is 4.79. The van der Waals surface area contributed by atoms with Crippen molar-refractivity contribution in [2.24, 2.45) is 5.92 Å². The van der Waals surface area contributed by atoms with Crippen molar-refractivity contribution in [1.29, 1.82) is 0 Å². The number of aryl methyl sites for hydroxylation is 1. The third-order valence-electron chi connectivity index (χ3n) is 4.46. The summed E-state index contributed by atoms with van der Waals surface area (Å²) in [7, 11) is 0. The Balaban J connectivity index is 1.42. The fourth-order valence-corrected chi connectivity index (χ4v) is 2.82. The molecule has 1 aliphatic heterocycles. The summed E-state index contributed by atoms with van der Waals surface area (Å²) in [6, 6.07) is 1.69. The van der Waals surface area contributed by atoms with Gasteiger partial charge >= 0.3 is 6.03 Å². The molecule has 0 atom stereocenters. The molecule has 1 aromatic rings. The molecule has 2 fully saturated rings. The molecule has 7 heteroatoms. The van der Waals surface area contributed by atoms with E-state index in [9.17, 15) is 9.59 Å². The number of urea groups is 1. The molecule has 0 unspecified atom stereocenters. The van der Waals surface area contributed by atoms with Crippen LogP contribution in [-0.4, -0.2) is 41.1 Å². The van der Waals surface area contributed by atoms with Crippen LogP contribution in [0.3, 0.4) is 0 Å². The van der Waals surface area contributed by atoms with E-state index in [4.69, 9.17) is 4.52 Å². The number of carbonyl (C=O) groups excluding carboxylic acids is 2. The number of amides is 3. The number of nitrogens with zero attached hydrogens (tertiary/aromatic N) is 2. The fourth-order valence-electron chi connectivity index (χ4n) is 2.82. The van der Waals surface area contributed by atoms with Crippen LogP contribution in [-0.2, 0) is 4.79 Å². The van der Waals surface area contributed by atoms with Gasteiger partial charge in [0.05, 0.1) is 5.69 Å². The predicted octanol–water partition coefficient (Wildman–Crippen LogP) is 1.90. The van der Waals surface area contributed by atoms with Crippen LogP contribution in [0.2, 0.25) is 0 Å². The van der Waals surface area contributed by atoms with E-state index in [2.05, 4.69) is 15.8 Å². The second kappa shape index (κ2) is 6.37. The number of nitrogens with one attached hydrogen (secondary N) is 2. The average Bonchev–Trinajstić information content (AvgIpc) is 2.82. The van der Waals surface area contributed by atoms with E-state index in [1.165, 1.54) is 0 Å². The van der Waals surface area contributed by atoms with E-state index in [1.54, 1.807) is 17.9 Å². The second-order valence-corrected chi connectivity index (χ2v) is 6.16. The van der Waals surface area contributed by atoms with Crippen LogP contribution in [0, 0.1) is 12.8 Å². The Hall–Kier alpha value is -2.05. The van der Waals surface area contributed by atoms with Gasteiger partial charge in [-0.3, -0.25) is 10.1 Å². The zero-order valence-electron chi connectivity index (χ0n) is 12.8. The lowest BCUT2D eigenvalue weighted by atomic mass is 9.84. The maximum atomic E-state index is 12.1. The molecule has 3 rings (SSSR count). The van der Waals surface area contributed by atoms with Gasteiger partial charge in [-0.2, -0.15) is 0 Å². The molecule has 22 heavy (non-hydrogen) atoms. The van der Waals surface area contributed by atoms with Gasteiger partial charge in [0.25, 0.3) is 0 Å². The molecule has 0 radical (unpaired) electrons. The lowest BCUT2D eigenvalue weighted by Gasteiger charge is -2.34. The standard InChI is InChI=1S/C15H22N4O3/c1-10-9-13(22-18-10)17-15(21)19-7-5-12(6-8-19)16-14(20)11-3-2-4-11/h9,11-12H,2-8H2,1H3,(H,16,20)(H,17,21). The van der Waals surface area contributed by atoms with Crippen molar-refractivity contribution in [1.82, 2.24) is 15.4 Å². The van der Waals surface area contributed by atoms with Crippen molar-refractivity contribution in [3.8, 4) is 0 Å². The largest absolute Gasteiger partial charge is 0.353 e. The van der Waals surface area contributed by atoms with Crippen molar-refractivity contribution in [3.05, 3.63) is 11.8 Å².